The van der Waals surface area contributed by atoms with Gasteiger partial charge in [0.25, 0.3) is 0 Å². The normalized spacial score (nSPS) is 33.5. The molecule has 0 aromatic carbocycles. The van der Waals surface area contributed by atoms with Crippen molar-refractivity contribution in [3.63, 3.8) is 0 Å². The molecule has 0 radical (unpaired) electrons. The largest absolute Gasteiger partial charge is 0.393 e. The summed E-state index contributed by atoms with van der Waals surface area (Å²) in [6.07, 6.45) is 3.99. The van der Waals surface area contributed by atoms with Gasteiger partial charge >= 0.3 is 0 Å². The Morgan fingerprint density at radius 3 is 2.60 bits per heavy atom. The summed E-state index contributed by atoms with van der Waals surface area (Å²) in [4.78, 5) is 14.7. The first kappa shape index (κ1) is 15.6. The molecule has 1 amide bonds. The summed E-state index contributed by atoms with van der Waals surface area (Å²) in [6, 6.07) is 0. The summed E-state index contributed by atoms with van der Waals surface area (Å²) in [5, 5.41) is 9.76. The lowest BCUT2D eigenvalue weighted by atomic mass is 9.93. The predicted octanol–water partition coefficient (Wildman–Crippen LogP) is 2.84. The average molecular weight is 279 g/mol. The molecule has 0 spiro atoms. The fraction of sp³-hybridized carbons (Fsp3) is 0.824. The van der Waals surface area contributed by atoms with Crippen molar-refractivity contribution in [1.29, 1.82) is 0 Å². The van der Waals surface area contributed by atoms with Crippen molar-refractivity contribution in [2.24, 2.45) is 23.2 Å². The molecule has 0 aromatic heterocycles. The van der Waals surface area contributed by atoms with Crippen molar-refractivity contribution in [3.05, 3.63) is 11.6 Å². The van der Waals surface area contributed by atoms with E-state index in [0.717, 1.165) is 25.9 Å². The molecule has 114 valence electrons. The lowest BCUT2D eigenvalue weighted by Gasteiger charge is -2.34. The second-order valence-corrected chi connectivity index (χ2v) is 7.50. The lowest BCUT2D eigenvalue weighted by molar-refractivity contribution is -0.136. The van der Waals surface area contributed by atoms with Crippen molar-refractivity contribution in [2.75, 3.05) is 13.1 Å². The first-order valence-corrected chi connectivity index (χ1v) is 7.87. The third kappa shape index (κ3) is 2.93. The number of piperidine rings is 1. The van der Waals surface area contributed by atoms with E-state index in [1.165, 1.54) is 5.57 Å². The molecule has 4 atom stereocenters. The summed E-state index contributed by atoms with van der Waals surface area (Å²) in [5.74, 6) is 1.05. The zero-order valence-electron chi connectivity index (χ0n) is 13.5. The van der Waals surface area contributed by atoms with Gasteiger partial charge in [-0.05, 0) is 44.9 Å². The Balaban J connectivity index is 2.03. The SMILES string of the molecule is CC(C)=CC1C(C(=O)N2CCCC(C(C)O)C2)C1(C)C. The first-order valence-electron chi connectivity index (χ1n) is 7.87. The van der Waals surface area contributed by atoms with Crippen LogP contribution in [0, 0.1) is 23.2 Å². The number of likely N-dealkylation sites (tertiary alicyclic amines) is 1. The molecule has 1 saturated heterocycles. The van der Waals surface area contributed by atoms with Crippen LogP contribution in [0.1, 0.15) is 47.5 Å². The van der Waals surface area contributed by atoms with E-state index in [1.807, 2.05) is 11.8 Å². The summed E-state index contributed by atoms with van der Waals surface area (Å²) in [5.41, 5.74) is 1.38. The Morgan fingerprint density at radius 1 is 1.40 bits per heavy atom. The molecule has 1 aliphatic heterocycles. The van der Waals surface area contributed by atoms with Gasteiger partial charge in [0.1, 0.15) is 0 Å². The molecule has 4 unspecified atom stereocenters. The summed E-state index contributed by atoms with van der Waals surface area (Å²) >= 11 is 0. The van der Waals surface area contributed by atoms with Gasteiger partial charge in [0.05, 0.1) is 12.0 Å². The molecule has 0 bridgehead atoms. The average Bonchev–Trinajstić information content (AvgIpc) is 2.89. The maximum Gasteiger partial charge on any atom is 0.226 e. The topological polar surface area (TPSA) is 40.5 Å². The Kier molecular flexibility index (Phi) is 4.29. The van der Waals surface area contributed by atoms with E-state index in [4.69, 9.17) is 0 Å². The van der Waals surface area contributed by atoms with Gasteiger partial charge in [-0.25, -0.2) is 0 Å². The van der Waals surface area contributed by atoms with Gasteiger partial charge < -0.3 is 10.0 Å². The minimum atomic E-state index is -0.314. The molecule has 1 saturated carbocycles. The number of amides is 1. The highest BCUT2D eigenvalue weighted by atomic mass is 16.3. The minimum Gasteiger partial charge on any atom is -0.393 e. The first-order chi connectivity index (χ1) is 9.25. The third-order valence-corrected chi connectivity index (χ3v) is 5.14. The molecule has 2 rings (SSSR count). The summed E-state index contributed by atoms with van der Waals surface area (Å²) in [6.45, 7) is 12.0. The zero-order valence-corrected chi connectivity index (χ0v) is 13.5. The van der Waals surface area contributed by atoms with Crippen molar-refractivity contribution in [3.8, 4) is 0 Å². The van der Waals surface area contributed by atoms with Gasteiger partial charge in [-0.15, -0.1) is 0 Å². The molecular formula is C17H29NO2. The highest BCUT2D eigenvalue weighted by Gasteiger charge is 2.61. The number of carbonyl (C=O) groups excluding carboxylic acids is 1. The van der Waals surface area contributed by atoms with Crippen LogP contribution in [-0.4, -0.2) is 35.1 Å². The van der Waals surface area contributed by atoms with E-state index in [0.29, 0.717) is 11.8 Å². The molecule has 3 heteroatoms. The number of allylic oxidation sites excluding steroid dienone is 2. The number of carbonyl (C=O) groups is 1. The molecule has 3 nitrogen and oxygen atoms in total. The van der Waals surface area contributed by atoms with Crippen LogP contribution in [0.3, 0.4) is 0 Å². The van der Waals surface area contributed by atoms with E-state index in [1.54, 1.807) is 0 Å². The highest BCUT2D eigenvalue weighted by Crippen LogP contribution is 2.60. The monoisotopic (exact) mass is 279 g/mol. The van der Waals surface area contributed by atoms with Gasteiger partial charge in [0.2, 0.25) is 5.91 Å². The van der Waals surface area contributed by atoms with Crippen LogP contribution in [0.25, 0.3) is 0 Å². The highest BCUT2D eigenvalue weighted by molar-refractivity contribution is 5.84. The minimum absolute atomic E-state index is 0.0894. The van der Waals surface area contributed by atoms with Crippen LogP contribution < -0.4 is 0 Å². The van der Waals surface area contributed by atoms with Gasteiger partial charge in [-0.3, -0.25) is 4.79 Å². The quantitative estimate of drug-likeness (QED) is 0.807. The summed E-state index contributed by atoms with van der Waals surface area (Å²) in [7, 11) is 0. The van der Waals surface area contributed by atoms with Crippen molar-refractivity contribution in [1.82, 2.24) is 4.90 Å². The zero-order chi connectivity index (χ0) is 15.1. The van der Waals surface area contributed by atoms with E-state index in [9.17, 15) is 9.90 Å². The lowest BCUT2D eigenvalue weighted by Crippen LogP contribution is -2.44. The van der Waals surface area contributed by atoms with E-state index < -0.39 is 0 Å². The van der Waals surface area contributed by atoms with E-state index >= 15 is 0 Å². The molecule has 1 heterocycles. The van der Waals surface area contributed by atoms with Crippen LogP contribution in [0.5, 0.6) is 0 Å². The second kappa shape index (κ2) is 5.51. The Morgan fingerprint density at radius 2 is 2.05 bits per heavy atom. The number of aliphatic hydroxyl groups excluding tert-OH is 1. The van der Waals surface area contributed by atoms with Gasteiger partial charge in [-0.1, -0.05) is 25.5 Å². The molecule has 1 N–H and O–H groups in total. The molecule has 1 aliphatic carbocycles. The molecule has 2 aliphatic rings. The van der Waals surface area contributed by atoms with Crippen molar-refractivity contribution >= 4 is 5.91 Å². The predicted molar refractivity (Wildman–Crippen MR) is 81.2 cm³/mol. The molecule has 0 aromatic rings. The smallest absolute Gasteiger partial charge is 0.226 e. The van der Waals surface area contributed by atoms with E-state index in [2.05, 4.69) is 33.8 Å². The fourth-order valence-electron chi connectivity index (χ4n) is 3.62. The number of hydrogen-bond donors (Lipinski definition) is 1. The Bertz CT molecular complexity index is 407. The second-order valence-electron chi connectivity index (χ2n) is 7.50. The summed E-state index contributed by atoms with van der Waals surface area (Å²) < 4.78 is 0. The maximum atomic E-state index is 12.8. The number of nitrogens with zero attached hydrogens (tertiary/aromatic N) is 1. The molecular weight excluding hydrogens is 250 g/mol. The van der Waals surface area contributed by atoms with Gasteiger partial charge in [0.15, 0.2) is 0 Å². The van der Waals surface area contributed by atoms with Gasteiger partial charge in [-0.2, -0.15) is 0 Å². The van der Waals surface area contributed by atoms with Crippen molar-refractivity contribution < 1.29 is 9.90 Å². The Hall–Kier alpha value is -0.830. The number of aliphatic hydroxyl groups is 1. The van der Waals surface area contributed by atoms with Crippen LogP contribution in [0.2, 0.25) is 0 Å². The van der Waals surface area contributed by atoms with Crippen LogP contribution in [0.4, 0.5) is 0 Å². The van der Waals surface area contributed by atoms with Crippen molar-refractivity contribution in [2.45, 2.75) is 53.6 Å². The number of rotatable bonds is 3. The van der Waals surface area contributed by atoms with Crippen LogP contribution in [0.15, 0.2) is 11.6 Å². The standard InChI is InChI=1S/C17H29NO2/c1-11(2)9-14-15(17(14,4)5)16(20)18-8-6-7-13(10-18)12(3)19/h9,12-15,19H,6-8,10H2,1-5H3. The van der Waals surface area contributed by atoms with Crippen LogP contribution in [-0.2, 0) is 4.79 Å². The Labute approximate surface area is 123 Å². The van der Waals surface area contributed by atoms with Gasteiger partial charge in [0, 0.05) is 19.0 Å². The van der Waals surface area contributed by atoms with Crippen LogP contribution >= 0.6 is 0 Å². The molecule has 20 heavy (non-hydrogen) atoms. The molecule has 2 fully saturated rings. The van der Waals surface area contributed by atoms with E-state index in [-0.39, 0.29) is 23.4 Å². The third-order valence-electron chi connectivity index (χ3n) is 5.14. The number of hydrogen-bond acceptors (Lipinski definition) is 2. The fourth-order valence-corrected chi connectivity index (χ4v) is 3.62. The maximum absolute atomic E-state index is 12.8.